The molecule has 0 bridgehead atoms. The van der Waals surface area contributed by atoms with Gasteiger partial charge < -0.3 is 14.2 Å². The van der Waals surface area contributed by atoms with Gasteiger partial charge in [0.15, 0.2) is 11.5 Å². The quantitative estimate of drug-likeness (QED) is 0.442. The first-order valence-electron chi connectivity index (χ1n) is 8.33. The molecule has 7 nitrogen and oxygen atoms in total. The fourth-order valence-corrected chi connectivity index (χ4v) is 2.85. The summed E-state index contributed by atoms with van der Waals surface area (Å²) >= 11 is 0. The summed E-state index contributed by atoms with van der Waals surface area (Å²) in [5, 5.41) is 11.3. The molecular formula is C19H19NO6. The molecule has 0 amide bonds. The van der Waals surface area contributed by atoms with Crippen LogP contribution in [0.2, 0.25) is 0 Å². The van der Waals surface area contributed by atoms with E-state index in [-0.39, 0.29) is 24.7 Å². The van der Waals surface area contributed by atoms with Gasteiger partial charge in [-0.2, -0.15) is 0 Å². The van der Waals surface area contributed by atoms with Crippen molar-refractivity contribution in [3.63, 3.8) is 0 Å². The van der Waals surface area contributed by atoms with Gasteiger partial charge in [-0.3, -0.25) is 10.1 Å². The first-order valence-corrected chi connectivity index (χ1v) is 8.33. The minimum absolute atomic E-state index is 0.0133. The molecule has 26 heavy (non-hydrogen) atoms. The van der Waals surface area contributed by atoms with Gasteiger partial charge in [0.2, 0.25) is 6.79 Å². The number of fused-ring (bicyclic) bond motifs is 1. The zero-order chi connectivity index (χ0) is 18.7. The lowest BCUT2D eigenvalue weighted by molar-refractivity contribution is -0.385. The number of carbonyl (C=O) groups is 1. The number of ether oxygens (including phenoxy) is 3. The average Bonchev–Trinajstić information content (AvgIpc) is 3.07. The van der Waals surface area contributed by atoms with Gasteiger partial charge in [-0.25, -0.2) is 4.79 Å². The van der Waals surface area contributed by atoms with E-state index < -0.39 is 10.9 Å². The molecule has 2 aromatic rings. The van der Waals surface area contributed by atoms with E-state index in [0.29, 0.717) is 17.1 Å². The number of nitro benzene ring substituents is 1. The van der Waals surface area contributed by atoms with E-state index in [0.717, 1.165) is 24.0 Å². The Labute approximate surface area is 150 Å². The number of nitro groups is 1. The Bertz CT molecular complexity index is 861. The van der Waals surface area contributed by atoms with Gasteiger partial charge >= 0.3 is 5.97 Å². The van der Waals surface area contributed by atoms with Crippen LogP contribution in [0.1, 0.15) is 40.4 Å². The van der Waals surface area contributed by atoms with Gasteiger partial charge in [-0.05, 0) is 31.0 Å². The Morgan fingerprint density at radius 1 is 1.19 bits per heavy atom. The predicted octanol–water partition coefficient (Wildman–Crippen LogP) is 3.94. The SMILES string of the molecule is CCCc1ccc(C)cc1C(=O)OCc1cc2c(cc1[N+](=O)[O-])OCO2. The summed E-state index contributed by atoms with van der Waals surface area (Å²) in [6.07, 6.45) is 1.66. The molecule has 1 aliphatic rings. The van der Waals surface area contributed by atoms with Crippen molar-refractivity contribution in [1.29, 1.82) is 0 Å². The van der Waals surface area contributed by atoms with Crippen molar-refractivity contribution >= 4 is 11.7 Å². The molecule has 136 valence electrons. The average molecular weight is 357 g/mol. The number of benzene rings is 2. The second-order valence-electron chi connectivity index (χ2n) is 6.08. The predicted molar refractivity (Wildman–Crippen MR) is 93.5 cm³/mol. The number of esters is 1. The van der Waals surface area contributed by atoms with Crippen molar-refractivity contribution in [2.75, 3.05) is 6.79 Å². The number of hydrogen-bond acceptors (Lipinski definition) is 6. The van der Waals surface area contributed by atoms with Crippen LogP contribution >= 0.6 is 0 Å². The third-order valence-corrected chi connectivity index (χ3v) is 4.13. The van der Waals surface area contributed by atoms with E-state index in [4.69, 9.17) is 14.2 Å². The van der Waals surface area contributed by atoms with E-state index in [1.54, 1.807) is 6.07 Å². The molecule has 0 aromatic heterocycles. The van der Waals surface area contributed by atoms with Crippen molar-refractivity contribution in [2.24, 2.45) is 0 Å². The maximum Gasteiger partial charge on any atom is 0.338 e. The van der Waals surface area contributed by atoms with Gasteiger partial charge in [0.25, 0.3) is 5.69 Å². The number of aryl methyl sites for hydroxylation is 2. The third kappa shape index (κ3) is 3.61. The minimum atomic E-state index is -0.527. The Balaban J connectivity index is 1.82. The van der Waals surface area contributed by atoms with E-state index in [2.05, 4.69) is 0 Å². The maximum atomic E-state index is 12.5. The molecule has 0 saturated heterocycles. The zero-order valence-electron chi connectivity index (χ0n) is 14.6. The van der Waals surface area contributed by atoms with Crippen molar-refractivity contribution in [1.82, 2.24) is 0 Å². The van der Waals surface area contributed by atoms with Crippen LogP contribution in [-0.2, 0) is 17.8 Å². The van der Waals surface area contributed by atoms with Crippen molar-refractivity contribution in [2.45, 2.75) is 33.3 Å². The fourth-order valence-electron chi connectivity index (χ4n) is 2.85. The summed E-state index contributed by atoms with van der Waals surface area (Å²) in [4.78, 5) is 23.3. The molecule has 0 aliphatic carbocycles. The van der Waals surface area contributed by atoms with Crippen molar-refractivity contribution < 1.29 is 23.9 Å². The van der Waals surface area contributed by atoms with Crippen LogP contribution in [0.25, 0.3) is 0 Å². The summed E-state index contributed by atoms with van der Waals surface area (Å²) in [6.45, 7) is 3.73. The van der Waals surface area contributed by atoms with Gasteiger partial charge in [-0.1, -0.05) is 31.0 Å². The van der Waals surface area contributed by atoms with E-state index >= 15 is 0 Å². The van der Waals surface area contributed by atoms with Gasteiger partial charge in [0, 0.05) is 0 Å². The minimum Gasteiger partial charge on any atom is -0.457 e. The monoisotopic (exact) mass is 357 g/mol. The van der Waals surface area contributed by atoms with Crippen LogP contribution < -0.4 is 9.47 Å². The van der Waals surface area contributed by atoms with Gasteiger partial charge in [0.1, 0.15) is 6.61 Å². The second-order valence-corrected chi connectivity index (χ2v) is 6.08. The summed E-state index contributed by atoms with van der Waals surface area (Å²) in [6, 6.07) is 8.42. The second kappa shape index (κ2) is 7.43. The molecule has 0 atom stereocenters. The highest BCUT2D eigenvalue weighted by atomic mass is 16.7. The molecule has 0 spiro atoms. The van der Waals surface area contributed by atoms with Crippen molar-refractivity contribution in [3.8, 4) is 11.5 Å². The zero-order valence-corrected chi connectivity index (χ0v) is 14.6. The summed E-state index contributed by atoms with van der Waals surface area (Å²) in [5.41, 5.74) is 2.45. The topological polar surface area (TPSA) is 87.9 Å². The molecule has 0 radical (unpaired) electrons. The molecule has 0 saturated carbocycles. The Morgan fingerprint density at radius 3 is 2.62 bits per heavy atom. The van der Waals surface area contributed by atoms with Crippen LogP contribution in [0.5, 0.6) is 11.5 Å². The molecule has 0 unspecified atom stereocenters. The van der Waals surface area contributed by atoms with E-state index in [9.17, 15) is 14.9 Å². The van der Waals surface area contributed by atoms with Crippen molar-refractivity contribution in [3.05, 3.63) is 62.7 Å². The summed E-state index contributed by atoms with van der Waals surface area (Å²) in [7, 11) is 0. The standard InChI is InChI=1S/C19H19NO6/c1-3-4-13-6-5-12(2)7-15(13)19(21)24-10-14-8-17-18(26-11-25-17)9-16(14)20(22)23/h5-9H,3-4,10-11H2,1-2H3. The lowest BCUT2D eigenvalue weighted by Crippen LogP contribution is -2.10. The fraction of sp³-hybridized carbons (Fsp3) is 0.316. The maximum absolute atomic E-state index is 12.5. The molecule has 0 N–H and O–H groups in total. The highest BCUT2D eigenvalue weighted by Gasteiger charge is 2.24. The summed E-state index contributed by atoms with van der Waals surface area (Å²) < 4.78 is 15.8. The summed E-state index contributed by atoms with van der Waals surface area (Å²) in [5.74, 6) is 0.226. The lowest BCUT2D eigenvalue weighted by Gasteiger charge is -2.11. The van der Waals surface area contributed by atoms with E-state index in [1.807, 2.05) is 26.0 Å². The Kier molecular flexibility index (Phi) is 5.06. The van der Waals surface area contributed by atoms with Gasteiger partial charge in [-0.15, -0.1) is 0 Å². The normalized spacial score (nSPS) is 12.1. The molecule has 1 aliphatic heterocycles. The van der Waals surface area contributed by atoms with Crippen LogP contribution in [0.4, 0.5) is 5.69 Å². The number of nitrogens with zero attached hydrogens (tertiary/aromatic N) is 1. The molecule has 2 aromatic carbocycles. The number of hydrogen-bond donors (Lipinski definition) is 0. The molecule has 3 rings (SSSR count). The lowest BCUT2D eigenvalue weighted by atomic mass is 10.0. The first-order chi connectivity index (χ1) is 12.5. The highest BCUT2D eigenvalue weighted by Crippen LogP contribution is 2.38. The van der Waals surface area contributed by atoms with Crippen LogP contribution in [0.15, 0.2) is 30.3 Å². The van der Waals surface area contributed by atoms with Crippen LogP contribution in [0, 0.1) is 17.0 Å². The first kappa shape index (κ1) is 17.7. The van der Waals surface area contributed by atoms with Crippen LogP contribution in [0.3, 0.4) is 0 Å². The molecular weight excluding hydrogens is 338 g/mol. The van der Waals surface area contributed by atoms with Gasteiger partial charge in [0.05, 0.1) is 22.1 Å². The molecule has 1 heterocycles. The number of rotatable bonds is 6. The van der Waals surface area contributed by atoms with Crippen LogP contribution in [-0.4, -0.2) is 17.7 Å². The highest BCUT2D eigenvalue weighted by molar-refractivity contribution is 5.91. The Morgan fingerprint density at radius 2 is 1.92 bits per heavy atom. The molecule has 0 fully saturated rings. The molecule has 7 heteroatoms. The number of carbonyl (C=O) groups excluding carboxylic acids is 1. The largest absolute Gasteiger partial charge is 0.457 e. The third-order valence-electron chi connectivity index (χ3n) is 4.13. The van der Waals surface area contributed by atoms with E-state index in [1.165, 1.54) is 12.1 Å². The smallest absolute Gasteiger partial charge is 0.338 e. The Hall–Kier alpha value is -3.09.